The molecule has 7 heteroatoms. The van der Waals surface area contributed by atoms with Crippen molar-refractivity contribution < 1.29 is 0 Å². The minimum atomic E-state index is 0.339. The zero-order valence-electron chi connectivity index (χ0n) is 11.6. The summed E-state index contributed by atoms with van der Waals surface area (Å²) in [7, 11) is 0. The third-order valence-electron chi connectivity index (χ3n) is 3.42. The number of aromatic amines is 1. The number of nitrogens with one attached hydrogen (secondary N) is 1. The molecule has 0 aliphatic carbocycles. The molecule has 108 valence electrons. The van der Waals surface area contributed by atoms with Crippen LogP contribution in [0.1, 0.15) is 5.82 Å². The van der Waals surface area contributed by atoms with E-state index < -0.39 is 0 Å². The van der Waals surface area contributed by atoms with Gasteiger partial charge in [0.05, 0.1) is 17.9 Å². The number of hydrogen-bond acceptors (Lipinski definition) is 5. The van der Waals surface area contributed by atoms with Gasteiger partial charge >= 0.3 is 0 Å². The lowest BCUT2D eigenvalue weighted by molar-refractivity contribution is 0.947. The Kier molecular flexibility index (Phi) is 2.90. The Labute approximate surface area is 125 Å². The van der Waals surface area contributed by atoms with Crippen LogP contribution >= 0.6 is 0 Å². The summed E-state index contributed by atoms with van der Waals surface area (Å²) < 4.78 is 1.72. The molecule has 0 saturated heterocycles. The number of H-pyrrole nitrogens is 1. The topological polar surface area (TPSA) is 97.8 Å². The van der Waals surface area contributed by atoms with Gasteiger partial charge in [0.2, 0.25) is 0 Å². The third-order valence-corrected chi connectivity index (χ3v) is 3.42. The van der Waals surface area contributed by atoms with Crippen molar-refractivity contribution in [3.63, 3.8) is 0 Å². The number of imidazole rings is 1. The van der Waals surface area contributed by atoms with Crippen molar-refractivity contribution in [3.8, 4) is 22.6 Å². The second-order valence-electron chi connectivity index (χ2n) is 4.81. The molecule has 3 N–H and O–H groups in total. The number of rotatable bonds is 3. The lowest BCUT2D eigenvalue weighted by atomic mass is 10.1. The first-order valence-electron chi connectivity index (χ1n) is 6.85. The molecule has 4 aromatic heterocycles. The van der Waals surface area contributed by atoms with Crippen molar-refractivity contribution in [2.75, 3.05) is 0 Å². The molecule has 0 radical (unpaired) electrons. The molecule has 0 atom stereocenters. The number of hydrogen-bond donors (Lipinski definition) is 2. The molecule has 0 amide bonds. The minimum Gasteiger partial charge on any atom is -0.340 e. The monoisotopic (exact) mass is 291 g/mol. The summed E-state index contributed by atoms with van der Waals surface area (Å²) in [6.45, 7) is 0.339. The Morgan fingerprint density at radius 3 is 2.91 bits per heavy atom. The number of nitrogens with two attached hydrogens (primary N) is 1. The zero-order valence-corrected chi connectivity index (χ0v) is 11.6. The largest absolute Gasteiger partial charge is 0.340 e. The van der Waals surface area contributed by atoms with Crippen LogP contribution in [0.25, 0.3) is 28.3 Å². The predicted molar refractivity (Wildman–Crippen MR) is 81.7 cm³/mol. The van der Waals surface area contributed by atoms with Crippen molar-refractivity contribution in [2.45, 2.75) is 6.54 Å². The van der Waals surface area contributed by atoms with Gasteiger partial charge in [0.25, 0.3) is 0 Å². The molecule has 22 heavy (non-hydrogen) atoms. The van der Waals surface area contributed by atoms with Crippen molar-refractivity contribution in [2.24, 2.45) is 5.73 Å². The quantitative estimate of drug-likeness (QED) is 0.598. The van der Waals surface area contributed by atoms with Crippen LogP contribution in [-0.4, -0.2) is 29.5 Å². The summed E-state index contributed by atoms with van der Waals surface area (Å²) in [5, 5.41) is 4.17. The van der Waals surface area contributed by atoms with Gasteiger partial charge in [-0.15, -0.1) is 0 Å². The van der Waals surface area contributed by atoms with Gasteiger partial charge in [-0.05, 0) is 24.3 Å². The standard InChI is InChI=1S/C15H13N7/c16-7-12-20-14(15(21-12)11-3-1-2-6-17-11)10-4-5-13-18-9-19-22(13)8-10/h1-6,8-9H,7,16H2,(H,20,21). The molecule has 0 aliphatic heterocycles. The molecule has 0 saturated carbocycles. The van der Waals surface area contributed by atoms with E-state index in [-0.39, 0.29) is 0 Å². The molecule has 7 nitrogen and oxygen atoms in total. The Morgan fingerprint density at radius 1 is 1.14 bits per heavy atom. The van der Waals surface area contributed by atoms with Gasteiger partial charge < -0.3 is 10.7 Å². The first-order chi connectivity index (χ1) is 10.8. The van der Waals surface area contributed by atoms with Crippen molar-refractivity contribution in [1.29, 1.82) is 0 Å². The third kappa shape index (κ3) is 2.04. The van der Waals surface area contributed by atoms with Crippen LogP contribution in [0.2, 0.25) is 0 Å². The smallest absolute Gasteiger partial charge is 0.155 e. The second-order valence-corrected chi connectivity index (χ2v) is 4.81. The van der Waals surface area contributed by atoms with E-state index >= 15 is 0 Å². The molecule has 4 aromatic rings. The Morgan fingerprint density at radius 2 is 2.09 bits per heavy atom. The highest BCUT2D eigenvalue weighted by Crippen LogP contribution is 2.28. The molecule has 4 heterocycles. The maximum absolute atomic E-state index is 5.72. The van der Waals surface area contributed by atoms with Crippen molar-refractivity contribution in [3.05, 3.63) is 54.9 Å². The fourth-order valence-corrected chi connectivity index (χ4v) is 2.38. The van der Waals surface area contributed by atoms with Gasteiger partial charge in [-0.25, -0.2) is 14.5 Å². The van der Waals surface area contributed by atoms with Crippen molar-refractivity contribution >= 4 is 5.65 Å². The maximum atomic E-state index is 5.72. The van der Waals surface area contributed by atoms with E-state index in [4.69, 9.17) is 5.73 Å². The summed E-state index contributed by atoms with van der Waals surface area (Å²) in [6, 6.07) is 9.62. The molecule has 0 unspecified atom stereocenters. The van der Waals surface area contributed by atoms with Crippen LogP contribution in [0.5, 0.6) is 0 Å². The summed E-state index contributed by atoms with van der Waals surface area (Å²) in [6.07, 6.45) is 5.18. The van der Waals surface area contributed by atoms with Crippen LogP contribution in [-0.2, 0) is 6.54 Å². The van der Waals surface area contributed by atoms with Gasteiger partial charge in [0, 0.05) is 18.0 Å². The average Bonchev–Trinajstić information content (AvgIpc) is 3.21. The molecular formula is C15H13N7. The fraction of sp³-hybridized carbons (Fsp3) is 0.0667. The molecule has 0 fully saturated rings. The number of fused-ring (bicyclic) bond motifs is 1. The normalized spacial score (nSPS) is 11.1. The summed E-state index contributed by atoms with van der Waals surface area (Å²) in [5.74, 6) is 0.717. The van der Waals surface area contributed by atoms with E-state index in [1.54, 1.807) is 10.7 Å². The highest BCUT2D eigenvalue weighted by molar-refractivity contribution is 5.76. The molecule has 0 aliphatic rings. The minimum absolute atomic E-state index is 0.339. The molecule has 0 spiro atoms. The predicted octanol–water partition coefficient (Wildman–Crippen LogP) is 1.64. The maximum Gasteiger partial charge on any atom is 0.155 e. The zero-order chi connectivity index (χ0) is 14.9. The Balaban J connectivity index is 1.91. The van der Waals surface area contributed by atoms with Crippen LogP contribution in [0.3, 0.4) is 0 Å². The molecule has 0 aromatic carbocycles. The van der Waals surface area contributed by atoms with Crippen LogP contribution in [0, 0.1) is 0 Å². The van der Waals surface area contributed by atoms with Gasteiger partial charge in [0.15, 0.2) is 5.65 Å². The number of aromatic nitrogens is 6. The van der Waals surface area contributed by atoms with Crippen LogP contribution < -0.4 is 5.73 Å². The van der Waals surface area contributed by atoms with E-state index in [1.165, 1.54) is 6.33 Å². The van der Waals surface area contributed by atoms with Gasteiger partial charge in [-0.1, -0.05) is 6.07 Å². The lowest BCUT2D eigenvalue weighted by Gasteiger charge is -2.03. The second kappa shape index (κ2) is 5.05. The fourth-order valence-electron chi connectivity index (χ4n) is 2.38. The Hall–Kier alpha value is -3.06. The number of pyridine rings is 2. The van der Waals surface area contributed by atoms with Gasteiger partial charge in [-0.2, -0.15) is 5.10 Å². The van der Waals surface area contributed by atoms with Crippen LogP contribution in [0.4, 0.5) is 0 Å². The summed E-state index contributed by atoms with van der Waals surface area (Å²) >= 11 is 0. The van der Waals surface area contributed by atoms with Gasteiger partial charge in [-0.3, -0.25) is 4.98 Å². The summed E-state index contributed by atoms with van der Waals surface area (Å²) in [4.78, 5) is 16.3. The van der Waals surface area contributed by atoms with Crippen molar-refractivity contribution in [1.82, 2.24) is 29.5 Å². The van der Waals surface area contributed by atoms with E-state index in [2.05, 4.69) is 25.0 Å². The number of nitrogens with zero attached hydrogens (tertiary/aromatic N) is 5. The highest BCUT2D eigenvalue weighted by atomic mass is 15.3. The molecule has 4 rings (SSSR count). The SMILES string of the molecule is NCc1nc(-c2ccccn2)c(-c2ccc3ncnn3c2)[nH]1. The summed E-state index contributed by atoms with van der Waals surface area (Å²) in [5.41, 5.74) is 9.91. The molecule has 0 bridgehead atoms. The lowest BCUT2D eigenvalue weighted by Crippen LogP contribution is -1.98. The Bertz CT molecular complexity index is 923. The first kappa shape index (κ1) is 12.7. The van der Waals surface area contributed by atoms with E-state index in [0.717, 1.165) is 28.3 Å². The van der Waals surface area contributed by atoms with Crippen LogP contribution in [0.15, 0.2) is 49.1 Å². The average molecular weight is 291 g/mol. The van der Waals surface area contributed by atoms with E-state index in [0.29, 0.717) is 12.4 Å². The molecular weight excluding hydrogens is 278 g/mol. The van der Waals surface area contributed by atoms with Gasteiger partial charge in [0.1, 0.15) is 17.8 Å². The van der Waals surface area contributed by atoms with E-state index in [9.17, 15) is 0 Å². The highest BCUT2D eigenvalue weighted by Gasteiger charge is 2.15. The van der Waals surface area contributed by atoms with E-state index in [1.807, 2.05) is 36.5 Å². The first-order valence-corrected chi connectivity index (χ1v) is 6.85.